The van der Waals surface area contributed by atoms with Crippen LogP contribution in [0.2, 0.25) is 0 Å². The lowest BCUT2D eigenvalue weighted by Gasteiger charge is -2.44. The van der Waals surface area contributed by atoms with Crippen molar-refractivity contribution in [2.24, 2.45) is 5.92 Å². The molecule has 0 spiro atoms. The van der Waals surface area contributed by atoms with Gasteiger partial charge in [-0.25, -0.2) is 0 Å². The molecule has 27 heavy (non-hydrogen) atoms. The highest BCUT2D eigenvalue weighted by molar-refractivity contribution is 7.99. The van der Waals surface area contributed by atoms with E-state index in [2.05, 4.69) is 31.6 Å². The van der Waals surface area contributed by atoms with Gasteiger partial charge in [0.25, 0.3) is 0 Å². The Morgan fingerprint density at radius 3 is 2.74 bits per heavy atom. The summed E-state index contributed by atoms with van der Waals surface area (Å²) in [6.45, 7) is 3.77. The van der Waals surface area contributed by atoms with Crippen molar-refractivity contribution in [3.63, 3.8) is 0 Å². The van der Waals surface area contributed by atoms with Crippen molar-refractivity contribution in [3.8, 4) is 11.4 Å². The second-order valence-corrected chi connectivity index (χ2v) is 8.36. The van der Waals surface area contributed by atoms with Crippen LogP contribution in [-0.4, -0.2) is 48.9 Å². The number of hydrogen-bond acceptors (Lipinski definition) is 5. The van der Waals surface area contributed by atoms with Crippen LogP contribution in [0.15, 0.2) is 29.7 Å². The molecule has 2 aromatic heterocycles. The molecule has 7 heteroatoms. The first-order valence-electron chi connectivity index (χ1n) is 10.0. The van der Waals surface area contributed by atoms with Crippen molar-refractivity contribution in [3.05, 3.63) is 24.5 Å². The Kier molecular flexibility index (Phi) is 5.76. The molecule has 1 amide bonds. The van der Waals surface area contributed by atoms with Crippen molar-refractivity contribution in [1.29, 1.82) is 0 Å². The lowest BCUT2D eigenvalue weighted by molar-refractivity contribution is -0.134. The molecule has 2 aliphatic rings. The van der Waals surface area contributed by atoms with Crippen LogP contribution in [-0.2, 0) is 11.3 Å². The number of aromatic nitrogens is 4. The predicted octanol–water partition coefficient (Wildman–Crippen LogP) is 3.63. The molecular weight excluding hydrogens is 358 g/mol. The maximum absolute atomic E-state index is 12.9. The number of rotatable bonds is 5. The van der Waals surface area contributed by atoms with Gasteiger partial charge >= 0.3 is 0 Å². The molecule has 0 radical (unpaired) electrons. The van der Waals surface area contributed by atoms with Gasteiger partial charge in [-0.2, -0.15) is 0 Å². The number of carbonyl (C=O) groups excluding carboxylic acids is 1. The molecule has 0 unspecified atom stereocenters. The van der Waals surface area contributed by atoms with Crippen LogP contribution in [0.5, 0.6) is 0 Å². The molecule has 2 atom stereocenters. The number of amides is 1. The van der Waals surface area contributed by atoms with Gasteiger partial charge in [-0.15, -0.1) is 10.2 Å². The monoisotopic (exact) mass is 385 g/mol. The Hall–Kier alpha value is -1.89. The van der Waals surface area contributed by atoms with Crippen LogP contribution in [0.3, 0.4) is 0 Å². The third-order valence-corrected chi connectivity index (χ3v) is 6.81. The highest BCUT2D eigenvalue weighted by Crippen LogP contribution is 2.35. The van der Waals surface area contributed by atoms with Gasteiger partial charge in [-0.3, -0.25) is 9.78 Å². The van der Waals surface area contributed by atoms with Gasteiger partial charge in [-0.05, 0) is 50.7 Å². The second kappa shape index (κ2) is 8.42. The molecule has 2 aromatic rings. The molecule has 1 saturated carbocycles. The Bertz CT molecular complexity index is 776. The molecular formula is C20H27N5OS. The van der Waals surface area contributed by atoms with E-state index in [1.165, 1.54) is 43.9 Å². The van der Waals surface area contributed by atoms with Crippen molar-refractivity contribution >= 4 is 17.7 Å². The van der Waals surface area contributed by atoms with Crippen molar-refractivity contribution in [2.45, 2.75) is 63.2 Å². The zero-order valence-electron chi connectivity index (χ0n) is 15.9. The first-order chi connectivity index (χ1) is 13.3. The van der Waals surface area contributed by atoms with Crippen molar-refractivity contribution in [1.82, 2.24) is 24.6 Å². The molecule has 3 heterocycles. The number of hydrogen-bond donors (Lipinski definition) is 0. The van der Waals surface area contributed by atoms with E-state index in [0.29, 0.717) is 11.8 Å². The van der Waals surface area contributed by atoms with E-state index < -0.39 is 0 Å². The van der Waals surface area contributed by atoms with Crippen LogP contribution in [0.1, 0.15) is 45.4 Å². The minimum atomic E-state index is 0.257. The second-order valence-electron chi connectivity index (χ2n) is 7.42. The zero-order valence-corrected chi connectivity index (χ0v) is 16.7. The molecule has 144 valence electrons. The van der Waals surface area contributed by atoms with Crippen LogP contribution in [0.4, 0.5) is 0 Å². The maximum Gasteiger partial charge on any atom is 0.233 e. The molecule has 1 saturated heterocycles. The summed E-state index contributed by atoms with van der Waals surface area (Å²) in [4.78, 5) is 19.2. The summed E-state index contributed by atoms with van der Waals surface area (Å²) in [5.41, 5.74) is 0.999. The summed E-state index contributed by atoms with van der Waals surface area (Å²) in [6, 6.07) is 4.34. The number of likely N-dealkylation sites (tertiary alicyclic amines) is 1. The van der Waals surface area contributed by atoms with E-state index in [-0.39, 0.29) is 5.91 Å². The lowest BCUT2D eigenvalue weighted by Crippen LogP contribution is -2.50. The zero-order chi connectivity index (χ0) is 18.6. The number of nitrogens with zero attached hydrogens (tertiary/aromatic N) is 5. The number of piperidine rings is 1. The van der Waals surface area contributed by atoms with Gasteiger partial charge < -0.3 is 9.47 Å². The third-order valence-electron chi connectivity index (χ3n) is 5.86. The van der Waals surface area contributed by atoms with Crippen LogP contribution >= 0.6 is 11.8 Å². The fourth-order valence-corrected chi connectivity index (χ4v) is 5.43. The normalized spacial score (nSPS) is 22.5. The number of thioether (sulfide) groups is 1. The average Bonchev–Trinajstić information content (AvgIpc) is 3.15. The van der Waals surface area contributed by atoms with Gasteiger partial charge in [-0.1, -0.05) is 24.6 Å². The standard InChI is InChI=1S/C20H27N5OS/c1-2-24-19(16-9-11-21-12-10-16)22-23-20(24)27-14-18(26)25-13-5-7-15-6-3-4-8-17(15)25/h9-12,15,17H,2-8,13-14H2,1H3/t15-,17+/m1/s1. The highest BCUT2D eigenvalue weighted by Gasteiger charge is 2.35. The average molecular weight is 386 g/mol. The predicted molar refractivity (Wildman–Crippen MR) is 106 cm³/mol. The Balaban J connectivity index is 1.44. The van der Waals surface area contributed by atoms with Crippen molar-refractivity contribution < 1.29 is 4.79 Å². The van der Waals surface area contributed by atoms with E-state index in [0.717, 1.165) is 42.0 Å². The SMILES string of the molecule is CCn1c(SCC(=O)N2CCC[C@H]3CCCC[C@@H]32)nnc1-c1ccncc1. The molecule has 6 nitrogen and oxygen atoms in total. The summed E-state index contributed by atoms with van der Waals surface area (Å²) in [7, 11) is 0. The topological polar surface area (TPSA) is 63.9 Å². The summed E-state index contributed by atoms with van der Waals surface area (Å²) in [5.74, 6) is 2.25. The maximum atomic E-state index is 12.9. The van der Waals surface area contributed by atoms with E-state index >= 15 is 0 Å². The minimum Gasteiger partial charge on any atom is -0.339 e. The third kappa shape index (κ3) is 3.88. The summed E-state index contributed by atoms with van der Waals surface area (Å²) in [5, 5.41) is 9.51. The van der Waals surface area contributed by atoms with Gasteiger partial charge in [0.05, 0.1) is 5.75 Å². The molecule has 1 aliphatic heterocycles. The number of carbonyl (C=O) groups is 1. The Morgan fingerprint density at radius 2 is 1.93 bits per heavy atom. The minimum absolute atomic E-state index is 0.257. The fourth-order valence-electron chi connectivity index (χ4n) is 4.54. The quantitative estimate of drug-likeness (QED) is 0.736. The lowest BCUT2D eigenvalue weighted by atomic mass is 9.78. The smallest absolute Gasteiger partial charge is 0.233 e. The first kappa shape index (κ1) is 18.5. The number of pyridine rings is 1. The van der Waals surface area contributed by atoms with Crippen LogP contribution in [0.25, 0.3) is 11.4 Å². The van der Waals surface area contributed by atoms with E-state index in [1.807, 2.05) is 12.1 Å². The van der Waals surface area contributed by atoms with E-state index in [4.69, 9.17) is 0 Å². The largest absolute Gasteiger partial charge is 0.339 e. The molecule has 1 aliphatic carbocycles. The first-order valence-corrected chi connectivity index (χ1v) is 11.0. The fraction of sp³-hybridized carbons (Fsp3) is 0.600. The van der Waals surface area contributed by atoms with E-state index in [1.54, 1.807) is 12.4 Å². The Morgan fingerprint density at radius 1 is 1.15 bits per heavy atom. The van der Waals surface area contributed by atoms with Crippen LogP contribution in [0, 0.1) is 5.92 Å². The van der Waals surface area contributed by atoms with Gasteiger partial charge in [0.2, 0.25) is 5.91 Å². The molecule has 4 rings (SSSR count). The van der Waals surface area contributed by atoms with Crippen LogP contribution < -0.4 is 0 Å². The van der Waals surface area contributed by atoms with E-state index in [9.17, 15) is 4.79 Å². The molecule has 0 aromatic carbocycles. The number of fused-ring (bicyclic) bond motifs is 1. The van der Waals surface area contributed by atoms with Gasteiger partial charge in [0.1, 0.15) is 0 Å². The highest BCUT2D eigenvalue weighted by atomic mass is 32.2. The molecule has 0 N–H and O–H groups in total. The van der Waals surface area contributed by atoms with Gasteiger partial charge in [0.15, 0.2) is 11.0 Å². The Labute approximate surface area is 164 Å². The summed E-state index contributed by atoms with van der Waals surface area (Å²) < 4.78 is 2.08. The molecule has 0 bridgehead atoms. The summed E-state index contributed by atoms with van der Waals surface area (Å²) >= 11 is 1.51. The molecule has 2 fully saturated rings. The summed E-state index contributed by atoms with van der Waals surface area (Å²) in [6.07, 6.45) is 11.0. The van der Waals surface area contributed by atoms with Crippen molar-refractivity contribution in [2.75, 3.05) is 12.3 Å². The van der Waals surface area contributed by atoms with Gasteiger partial charge in [0, 0.05) is 37.1 Å².